The lowest BCUT2D eigenvalue weighted by molar-refractivity contribution is -0.0184. The van der Waals surface area contributed by atoms with Gasteiger partial charge < -0.3 is 4.74 Å². The Morgan fingerprint density at radius 2 is 2.12 bits per heavy atom. The Kier molecular flexibility index (Phi) is 2.82. The Morgan fingerprint density at radius 3 is 2.81 bits per heavy atom. The van der Waals surface area contributed by atoms with Crippen molar-refractivity contribution in [2.75, 3.05) is 0 Å². The Hall–Kier alpha value is -1.20. The number of halogens is 1. The lowest BCUT2D eigenvalue weighted by Gasteiger charge is -2.18. The van der Waals surface area contributed by atoms with E-state index in [0.717, 1.165) is 0 Å². The Morgan fingerprint density at radius 1 is 1.38 bits per heavy atom. The average Bonchev–Trinajstić information content (AvgIpc) is 2.56. The summed E-state index contributed by atoms with van der Waals surface area (Å²) >= 11 is 5.75. The van der Waals surface area contributed by atoms with Crippen LogP contribution in [0.3, 0.4) is 0 Å². The zero-order valence-electron chi connectivity index (χ0n) is 9.44. The number of rotatable bonds is 2. The van der Waals surface area contributed by atoms with Gasteiger partial charge in [-0.2, -0.15) is 0 Å². The summed E-state index contributed by atoms with van der Waals surface area (Å²) in [6.45, 7) is 6.37. The molecule has 0 aromatic carbocycles. The molecule has 5 nitrogen and oxygen atoms in total. The maximum Gasteiger partial charge on any atom is 0.165 e. The predicted octanol–water partition coefficient (Wildman–Crippen LogP) is 2.09. The van der Waals surface area contributed by atoms with Gasteiger partial charge in [0.2, 0.25) is 0 Å². The van der Waals surface area contributed by atoms with Crippen molar-refractivity contribution in [2.24, 2.45) is 0 Å². The minimum absolute atomic E-state index is 0.203. The van der Waals surface area contributed by atoms with Gasteiger partial charge in [0.25, 0.3) is 0 Å². The van der Waals surface area contributed by atoms with Crippen molar-refractivity contribution in [3.05, 3.63) is 23.4 Å². The topological polar surface area (TPSA) is 52.3 Å². The van der Waals surface area contributed by atoms with E-state index >= 15 is 0 Å². The first kappa shape index (κ1) is 11.3. The fraction of sp³-hybridized carbons (Fsp3) is 0.500. The highest BCUT2D eigenvalue weighted by atomic mass is 35.5. The van der Waals surface area contributed by atoms with Crippen LogP contribution in [0.5, 0.6) is 0 Å². The van der Waals surface area contributed by atoms with E-state index in [0.29, 0.717) is 23.2 Å². The smallest absolute Gasteiger partial charge is 0.165 e. The van der Waals surface area contributed by atoms with Crippen molar-refractivity contribution in [3.63, 3.8) is 0 Å². The minimum Gasteiger partial charge on any atom is -0.368 e. The summed E-state index contributed by atoms with van der Waals surface area (Å²) in [6, 6.07) is 1.66. The number of hydrogen-bond donors (Lipinski definition) is 0. The zero-order valence-corrected chi connectivity index (χ0v) is 10.2. The summed E-state index contributed by atoms with van der Waals surface area (Å²) in [7, 11) is 0. The first-order valence-corrected chi connectivity index (χ1v) is 5.33. The second-order valence-electron chi connectivity index (χ2n) is 4.46. The number of ether oxygens (including phenoxy) is 1. The minimum atomic E-state index is -0.203. The van der Waals surface area contributed by atoms with Gasteiger partial charge in [0.1, 0.15) is 18.1 Å². The summed E-state index contributed by atoms with van der Waals surface area (Å²) in [5.41, 5.74) is 0.471. The third-order valence-corrected chi connectivity index (χ3v) is 2.18. The van der Waals surface area contributed by atoms with Crippen molar-refractivity contribution in [3.8, 4) is 0 Å². The number of nitrogens with zero attached hydrogens (tertiary/aromatic N) is 4. The third-order valence-electron chi connectivity index (χ3n) is 1.97. The van der Waals surface area contributed by atoms with E-state index in [1.54, 1.807) is 16.8 Å². The fourth-order valence-corrected chi connectivity index (χ4v) is 1.34. The lowest BCUT2D eigenvalue weighted by atomic mass is 10.2. The molecule has 86 valence electrons. The van der Waals surface area contributed by atoms with E-state index < -0.39 is 0 Å². The van der Waals surface area contributed by atoms with Gasteiger partial charge in [-0.05, 0) is 20.8 Å². The van der Waals surface area contributed by atoms with Gasteiger partial charge in [-0.1, -0.05) is 11.6 Å². The maximum atomic E-state index is 5.75. The summed E-state index contributed by atoms with van der Waals surface area (Å²) in [5.74, 6) is 0.717. The summed E-state index contributed by atoms with van der Waals surface area (Å²) in [4.78, 5) is 3.98. The van der Waals surface area contributed by atoms with Crippen molar-refractivity contribution < 1.29 is 4.74 Å². The van der Waals surface area contributed by atoms with Crippen molar-refractivity contribution in [1.82, 2.24) is 19.6 Å². The highest BCUT2D eigenvalue weighted by molar-refractivity contribution is 6.29. The van der Waals surface area contributed by atoms with Crippen LogP contribution in [0.15, 0.2) is 12.4 Å². The standard InChI is InChI=1S/C10H13ClN4O/c1-10(2,3)16-5-9-14-13-8-4-7(11)12-6-15(8)9/h4,6H,5H2,1-3H3. The molecule has 0 N–H and O–H groups in total. The van der Waals surface area contributed by atoms with Gasteiger partial charge in [-0.3, -0.25) is 4.40 Å². The molecule has 0 aliphatic carbocycles. The van der Waals surface area contributed by atoms with Gasteiger partial charge in [0, 0.05) is 6.07 Å². The van der Waals surface area contributed by atoms with Crippen LogP contribution in [-0.2, 0) is 11.3 Å². The van der Waals surface area contributed by atoms with Crippen LogP contribution in [0.2, 0.25) is 5.15 Å². The SMILES string of the molecule is CC(C)(C)OCc1nnc2cc(Cl)ncn12. The number of fused-ring (bicyclic) bond motifs is 1. The predicted molar refractivity (Wildman–Crippen MR) is 60.3 cm³/mol. The van der Waals surface area contributed by atoms with Crippen LogP contribution in [-0.4, -0.2) is 25.2 Å². The molecule has 0 radical (unpaired) electrons. The molecular formula is C10H13ClN4O. The van der Waals surface area contributed by atoms with E-state index in [2.05, 4.69) is 15.2 Å². The molecule has 0 spiro atoms. The molecule has 2 rings (SSSR count). The van der Waals surface area contributed by atoms with Gasteiger partial charge in [-0.15, -0.1) is 10.2 Å². The molecule has 16 heavy (non-hydrogen) atoms. The van der Waals surface area contributed by atoms with Crippen LogP contribution in [0, 0.1) is 0 Å². The van der Waals surface area contributed by atoms with Crippen LogP contribution in [0.1, 0.15) is 26.6 Å². The second-order valence-corrected chi connectivity index (χ2v) is 4.84. The molecule has 0 saturated heterocycles. The average molecular weight is 241 g/mol. The monoisotopic (exact) mass is 240 g/mol. The first-order chi connectivity index (χ1) is 7.46. The van der Waals surface area contributed by atoms with Crippen molar-refractivity contribution in [1.29, 1.82) is 0 Å². The Bertz CT molecular complexity index is 503. The van der Waals surface area contributed by atoms with E-state index in [1.807, 2.05) is 20.8 Å². The van der Waals surface area contributed by atoms with E-state index in [-0.39, 0.29) is 5.60 Å². The van der Waals surface area contributed by atoms with Gasteiger partial charge in [0.05, 0.1) is 5.60 Å². The lowest BCUT2D eigenvalue weighted by Crippen LogP contribution is -2.19. The maximum absolute atomic E-state index is 5.75. The second kappa shape index (κ2) is 3.99. The molecule has 0 unspecified atom stereocenters. The van der Waals surface area contributed by atoms with E-state index in [1.165, 1.54) is 0 Å². The molecule has 0 aliphatic heterocycles. The van der Waals surface area contributed by atoms with Gasteiger partial charge >= 0.3 is 0 Å². The van der Waals surface area contributed by atoms with E-state index in [9.17, 15) is 0 Å². The molecule has 2 heterocycles. The zero-order chi connectivity index (χ0) is 11.8. The molecule has 6 heteroatoms. The molecule has 2 aromatic rings. The molecule has 2 aromatic heterocycles. The molecule has 0 bridgehead atoms. The highest BCUT2D eigenvalue weighted by Gasteiger charge is 2.13. The van der Waals surface area contributed by atoms with Crippen LogP contribution >= 0.6 is 11.6 Å². The Balaban J connectivity index is 2.25. The fourth-order valence-electron chi connectivity index (χ4n) is 1.20. The number of aromatic nitrogens is 4. The molecule has 0 fully saturated rings. The quantitative estimate of drug-likeness (QED) is 0.755. The largest absolute Gasteiger partial charge is 0.368 e. The molecule has 0 atom stereocenters. The van der Waals surface area contributed by atoms with Gasteiger partial charge in [0.15, 0.2) is 11.5 Å². The third kappa shape index (κ3) is 2.48. The van der Waals surface area contributed by atoms with Crippen molar-refractivity contribution in [2.45, 2.75) is 33.0 Å². The molecule has 0 amide bonds. The summed E-state index contributed by atoms with van der Waals surface area (Å²) < 4.78 is 7.39. The summed E-state index contributed by atoms with van der Waals surface area (Å²) in [5, 5.41) is 8.42. The van der Waals surface area contributed by atoms with Gasteiger partial charge in [-0.25, -0.2) is 4.98 Å². The molecule has 0 aliphatic rings. The molecule has 0 saturated carbocycles. The van der Waals surface area contributed by atoms with Crippen LogP contribution in [0.4, 0.5) is 0 Å². The number of hydrogen-bond acceptors (Lipinski definition) is 4. The van der Waals surface area contributed by atoms with Crippen LogP contribution in [0.25, 0.3) is 5.65 Å². The first-order valence-electron chi connectivity index (χ1n) is 4.95. The van der Waals surface area contributed by atoms with Crippen molar-refractivity contribution >= 4 is 17.2 Å². The van der Waals surface area contributed by atoms with Crippen LogP contribution < -0.4 is 0 Å². The highest BCUT2D eigenvalue weighted by Crippen LogP contribution is 2.13. The van der Waals surface area contributed by atoms with E-state index in [4.69, 9.17) is 16.3 Å². The molecular weight excluding hydrogens is 228 g/mol. The Labute approximate surface area is 98.4 Å². The normalized spacial score (nSPS) is 12.2. The summed E-state index contributed by atoms with van der Waals surface area (Å²) in [6.07, 6.45) is 1.60.